The van der Waals surface area contributed by atoms with E-state index in [2.05, 4.69) is 20.5 Å². The van der Waals surface area contributed by atoms with Crippen molar-refractivity contribution in [2.24, 2.45) is 4.99 Å². The number of guanidine groups is 1. The first-order valence-electron chi connectivity index (χ1n) is 9.38. The third-order valence-electron chi connectivity index (χ3n) is 4.77. The van der Waals surface area contributed by atoms with Gasteiger partial charge in [0, 0.05) is 45.5 Å². The summed E-state index contributed by atoms with van der Waals surface area (Å²) in [6.07, 6.45) is 1.51. The van der Waals surface area contributed by atoms with Gasteiger partial charge in [-0.05, 0) is 25.0 Å². The number of rotatable bonds is 4. The van der Waals surface area contributed by atoms with Crippen LogP contribution in [0, 0.1) is 0 Å². The predicted octanol–water partition coefficient (Wildman–Crippen LogP) is 1.14. The molecule has 0 bridgehead atoms. The Labute approximate surface area is 182 Å². The summed E-state index contributed by atoms with van der Waals surface area (Å²) in [5.41, 5.74) is 0.764. The Kier molecular flexibility index (Phi) is 8.97. The molecule has 9 heteroatoms. The lowest BCUT2D eigenvalue weighted by Gasteiger charge is -2.37. The predicted molar refractivity (Wildman–Crippen MR) is 119 cm³/mol. The number of carbonyl (C=O) groups is 2. The molecule has 154 valence electrons. The number of amides is 2. The lowest BCUT2D eigenvalue weighted by Crippen LogP contribution is -2.55. The highest BCUT2D eigenvalue weighted by molar-refractivity contribution is 14.0. The third-order valence-corrected chi connectivity index (χ3v) is 4.77. The SMILES string of the molecule is CN=C(NCC(=O)Nc1ccccc1)N1CCN(C(=O)C2CCCO2)CC1.I. The number of hydrogen-bond acceptors (Lipinski definition) is 4. The summed E-state index contributed by atoms with van der Waals surface area (Å²) in [5, 5.41) is 5.93. The van der Waals surface area contributed by atoms with Gasteiger partial charge in [0.15, 0.2) is 5.96 Å². The number of halogens is 1. The lowest BCUT2D eigenvalue weighted by molar-refractivity contribution is -0.142. The van der Waals surface area contributed by atoms with Gasteiger partial charge in [0.1, 0.15) is 6.10 Å². The summed E-state index contributed by atoms with van der Waals surface area (Å²) in [7, 11) is 1.70. The normalized spacial score (nSPS) is 19.8. The average Bonchev–Trinajstić information content (AvgIpc) is 3.24. The molecule has 1 aromatic carbocycles. The van der Waals surface area contributed by atoms with Crippen LogP contribution < -0.4 is 10.6 Å². The minimum atomic E-state index is -0.268. The Balaban J connectivity index is 0.00000280. The van der Waals surface area contributed by atoms with E-state index in [1.54, 1.807) is 7.05 Å². The highest BCUT2D eigenvalue weighted by atomic mass is 127. The Bertz CT molecular complexity index is 671. The molecule has 0 aliphatic carbocycles. The second kappa shape index (κ2) is 11.2. The van der Waals surface area contributed by atoms with Gasteiger partial charge in [0.2, 0.25) is 5.91 Å². The van der Waals surface area contributed by atoms with Crippen molar-refractivity contribution in [2.45, 2.75) is 18.9 Å². The summed E-state index contributed by atoms with van der Waals surface area (Å²) in [4.78, 5) is 32.7. The molecule has 2 fully saturated rings. The van der Waals surface area contributed by atoms with Gasteiger partial charge in [0.05, 0.1) is 6.54 Å². The Morgan fingerprint density at radius 2 is 1.82 bits per heavy atom. The maximum atomic E-state index is 12.4. The zero-order valence-electron chi connectivity index (χ0n) is 16.1. The molecule has 2 heterocycles. The molecule has 28 heavy (non-hydrogen) atoms. The summed E-state index contributed by atoms with van der Waals surface area (Å²) < 4.78 is 5.49. The van der Waals surface area contributed by atoms with Crippen LogP contribution in [-0.4, -0.2) is 80.1 Å². The van der Waals surface area contributed by atoms with Crippen LogP contribution in [0.1, 0.15) is 12.8 Å². The fourth-order valence-corrected chi connectivity index (χ4v) is 3.33. The number of anilines is 1. The minimum Gasteiger partial charge on any atom is -0.368 e. The molecule has 2 aliphatic heterocycles. The van der Waals surface area contributed by atoms with Crippen molar-refractivity contribution in [3.8, 4) is 0 Å². The summed E-state index contributed by atoms with van der Waals surface area (Å²) in [6, 6.07) is 9.34. The maximum absolute atomic E-state index is 12.4. The molecule has 0 saturated carbocycles. The van der Waals surface area contributed by atoms with E-state index in [0.29, 0.717) is 38.7 Å². The lowest BCUT2D eigenvalue weighted by atomic mass is 10.2. The first-order chi connectivity index (χ1) is 13.2. The molecule has 2 aliphatic rings. The van der Waals surface area contributed by atoms with Crippen molar-refractivity contribution < 1.29 is 14.3 Å². The molecular weight excluding hydrogens is 473 g/mol. The molecule has 2 N–H and O–H groups in total. The molecule has 3 rings (SSSR count). The topological polar surface area (TPSA) is 86.3 Å². The van der Waals surface area contributed by atoms with Gasteiger partial charge < -0.3 is 25.2 Å². The van der Waals surface area contributed by atoms with E-state index < -0.39 is 0 Å². The van der Waals surface area contributed by atoms with Crippen LogP contribution in [0.15, 0.2) is 35.3 Å². The molecule has 2 amide bonds. The van der Waals surface area contributed by atoms with Crippen LogP contribution >= 0.6 is 24.0 Å². The van der Waals surface area contributed by atoms with Crippen molar-refractivity contribution in [1.82, 2.24) is 15.1 Å². The molecule has 1 atom stereocenters. The minimum absolute atomic E-state index is 0. The fourth-order valence-electron chi connectivity index (χ4n) is 3.33. The van der Waals surface area contributed by atoms with Crippen LogP contribution in [0.2, 0.25) is 0 Å². The molecule has 8 nitrogen and oxygen atoms in total. The number of para-hydroxylation sites is 1. The Morgan fingerprint density at radius 1 is 1.14 bits per heavy atom. The third kappa shape index (κ3) is 6.06. The second-order valence-electron chi connectivity index (χ2n) is 6.63. The van der Waals surface area contributed by atoms with Gasteiger partial charge in [-0.25, -0.2) is 0 Å². The van der Waals surface area contributed by atoms with Crippen molar-refractivity contribution in [3.05, 3.63) is 30.3 Å². The second-order valence-corrected chi connectivity index (χ2v) is 6.63. The number of hydrogen-bond donors (Lipinski definition) is 2. The van der Waals surface area contributed by atoms with Gasteiger partial charge in [-0.3, -0.25) is 14.6 Å². The summed E-state index contributed by atoms with van der Waals surface area (Å²) in [5.74, 6) is 0.634. The first-order valence-corrected chi connectivity index (χ1v) is 9.38. The number of benzene rings is 1. The van der Waals surface area contributed by atoms with Crippen LogP contribution in [0.4, 0.5) is 5.69 Å². The van der Waals surface area contributed by atoms with E-state index in [4.69, 9.17) is 4.74 Å². The average molecular weight is 501 g/mol. The fraction of sp³-hybridized carbons (Fsp3) is 0.526. The molecular formula is C19H28IN5O3. The summed E-state index contributed by atoms with van der Waals surface area (Å²) >= 11 is 0. The van der Waals surface area contributed by atoms with Crippen molar-refractivity contribution in [2.75, 3.05) is 51.7 Å². The first kappa shape index (κ1) is 22.4. The van der Waals surface area contributed by atoms with Crippen LogP contribution in [0.3, 0.4) is 0 Å². The molecule has 1 aromatic rings. The standard InChI is InChI=1S/C19H27N5O3.HI/c1-20-19(21-14-17(25)22-15-6-3-2-4-7-15)24-11-9-23(10-12-24)18(26)16-8-5-13-27-16;/h2-4,6-7,16H,5,8-14H2,1H3,(H,20,21)(H,22,25);1H. The smallest absolute Gasteiger partial charge is 0.251 e. The van der Waals surface area contributed by atoms with Crippen LogP contribution in [-0.2, 0) is 14.3 Å². The Hall–Kier alpha value is -1.88. The Morgan fingerprint density at radius 3 is 2.43 bits per heavy atom. The number of aliphatic imine (C=N–C) groups is 1. The number of nitrogens with zero attached hydrogens (tertiary/aromatic N) is 3. The van der Waals surface area contributed by atoms with Gasteiger partial charge in [0.25, 0.3) is 5.91 Å². The van der Waals surface area contributed by atoms with Crippen LogP contribution in [0.25, 0.3) is 0 Å². The quantitative estimate of drug-likeness (QED) is 0.367. The highest BCUT2D eigenvalue weighted by Gasteiger charge is 2.30. The summed E-state index contributed by atoms with van der Waals surface area (Å²) in [6.45, 7) is 3.44. The van der Waals surface area contributed by atoms with E-state index in [1.807, 2.05) is 35.2 Å². The van der Waals surface area contributed by atoms with Gasteiger partial charge in [-0.1, -0.05) is 18.2 Å². The van der Waals surface area contributed by atoms with Gasteiger partial charge in [-0.15, -0.1) is 24.0 Å². The largest absolute Gasteiger partial charge is 0.368 e. The maximum Gasteiger partial charge on any atom is 0.251 e. The number of nitrogens with one attached hydrogen (secondary N) is 2. The van der Waals surface area contributed by atoms with Crippen molar-refractivity contribution >= 4 is 47.4 Å². The number of piperazine rings is 1. The zero-order chi connectivity index (χ0) is 19.1. The van der Waals surface area contributed by atoms with Gasteiger partial charge >= 0.3 is 0 Å². The molecule has 1 unspecified atom stereocenters. The molecule has 0 aromatic heterocycles. The monoisotopic (exact) mass is 501 g/mol. The zero-order valence-corrected chi connectivity index (χ0v) is 18.4. The van der Waals surface area contributed by atoms with E-state index in [0.717, 1.165) is 18.5 Å². The van der Waals surface area contributed by atoms with E-state index in [1.165, 1.54) is 0 Å². The number of carbonyl (C=O) groups excluding carboxylic acids is 2. The van der Waals surface area contributed by atoms with Crippen LogP contribution in [0.5, 0.6) is 0 Å². The molecule has 0 radical (unpaired) electrons. The van der Waals surface area contributed by atoms with E-state index in [9.17, 15) is 9.59 Å². The van der Waals surface area contributed by atoms with E-state index >= 15 is 0 Å². The van der Waals surface area contributed by atoms with Gasteiger partial charge in [-0.2, -0.15) is 0 Å². The van der Waals surface area contributed by atoms with Crippen molar-refractivity contribution in [1.29, 1.82) is 0 Å². The number of ether oxygens (including phenoxy) is 1. The highest BCUT2D eigenvalue weighted by Crippen LogP contribution is 2.16. The van der Waals surface area contributed by atoms with Crippen molar-refractivity contribution in [3.63, 3.8) is 0 Å². The molecule has 0 spiro atoms. The van der Waals surface area contributed by atoms with E-state index in [-0.39, 0.29) is 48.4 Å². The molecule has 2 saturated heterocycles.